The maximum absolute atomic E-state index is 13.4. The third kappa shape index (κ3) is 6.10. The van der Waals surface area contributed by atoms with Gasteiger partial charge in [0.1, 0.15) is 0 Å². The predicted octanol–water partition coefficient (Wildman–Crippen LogP) is 3.87. The summed E-state index contributed by atoms with van der Waals surface area (Å²) in [6.45, 7) is 3.75. The molecule has 1 aliphatic heterocycles. The van der Waals surface area contributed by atoms with E-state index in [0.717, 1.165) is 47.9 Å². The van der Waals surface area contributed by atoms with Crippen molar-refractivity contribution < 1.29 is 19.7 Å². The van der Waals surface area contributed by atoms with Crippen LogP contribution in [0.15, 0.2) is 42.5 Å². The number of amides is 1. The lowest BCUT2D eigenvalue weighted by atomic mass is 9.71. The molecule has 7 heteroatoms. The fourth-order valence-corrected chi connectivity index (χ4v) is 6.32. The number of unbranched alkanes of at least 4 members (excludes halogenated alkanes) is 1. The monoisotopic (exact) mass is 519 g/mol. The summed E-state index contributed by atoms with van der Waals surface area (Å²) < 4.78 is 5.27. The number of aliphatic hydroxyl groups is 2. The number of likely N-dealkylation sites (tertiary alicyclic amines) is 1. The number of aliphatic hydroxyl groups excluding tert-OH is 1. The van der Waals surface area contributed by atoms with Crippen molar-refractivity contribution in [1.29, 1.82) is 5.26 Å². The van der Waals surface area contributed by atoms with Gasteiger partial charge in [-0.1, -0.05) is 35.9 Å². The average molecular weight is 520 g/mol. The molecule has 1 amide bonds. The zero-order valence-corrected chi connectivity index (χ0v) is 22.6. The summed E-state index contributed by atoms with van der Waals surface area (Å²) in [6.07, 6.45) is 3.97. The van der Waals surface area contributed by atoms with Gasteiger partial charge in [-0.15, -0.1) is 0 Å². The van der Waals surface area contributed by atoms with Crippen LogP contribution in [0.3, 0.4) is 0 Å². The summed E-state index contributed by atoms with van der Waals surface area (Å²) in [4.78, 5) is 15.3. The van der Waals surface area contributed by atoms with Crippen LogP contribution in [0.1, 0.15) is 61.6 Å². The van der Waals surface area contributed by atoms with Gasteiger partial charge in [-0.2, -0.15) is 5.26 Å². The van der Waals surface area contributed by atoms with Crippen molar-refractivity contribution in [2.75, 3.05) is 26.8 Å². The molecule has 5 atom stereocenters. The molecule has 2 aliphatic rings. The minimum Gasteiger partial charge on any atom is -0.391 e. The smallest absolute Gasteiger partial charge is 0.225 e. The lowest BCUT2D eigenvalue weighted by molar-refractivity contribution is -0.141. The zero-order chi connectivity index (χ0) is 27.3. The van der Waals surface area contributed by atoms with E-state index in [0.29, 0.717) is 44.5 Å². The Hall–Kier alpha value is -2.76. The number of rotatable bonds is 9. The molecule has 1 heterocycles. The van der Waals surface area contributed by atoms with Gasteiger partial charge < -0.3 is 25.6 Å². The van der Waals surface area contributed by atoms with Crippen LogP contribution >= 0.6 is 0 Å². The zero-order valence-electron chi connectivity index (χ0n) is 22.6. The normalized spacial score (nSPS) is 25.1. The minimum absolute atomic E-state index is 0.0298. The van der Waals surface area contributed by atoms with E-state index in [2.05, 4.69) is 12.1 Å². The molecule has 1 saturated carbocycles. The Bertz CT molecular complexity index is 1150. The van der Waals surface area contributed by atoms with Crippen LogP contribution < -0.4 is 5.73 Å². The molecule has 1 saturated heterocycles. The number of methoxy groups -OCH3 is 1. The summed E-state index contributed by atoms with van der Waals surface area (Å²) in [7, 11) is 1.68. The second kappa shape index (κ2) is 12.4. The Balaban J connectivity index is 1.70. The van der Waals surface area contributed by atoms with Gasteiger partial charge in [0.25, 0.3) is 0 Å². The maximum Gasteiger partial charge on any atom is 0.225 e. The SMILES string of the molecule is COCCCCC(O)(c1ccc(C#N)cc1-c1cccc(C)c1)C1CCCN(C(=O)C2CC(N)C(O)C2)C1. The predicted molar refractivity (Wildman–Crippen MR) is 147 cm³/mol. The van der Waals surface area contributed by atoms with Gasteiger partial charge in [0.2, 0.25) is 5.91 Å². The van der Waals surface area contributed by atoms with Crippen LogP contribution in [0.25, 0.3) is 11.1 Å². The number of benzene rings is 2. The standard InChI is InChI=1S/C31H41N3O4/c1-21-7-5-8-23(15-21)26-16-22(19-32)10-11-27(26)31(37,12-3-4-14-38-2)25-9-6-13-34(20-25)30(36)24-17-28(33)29(35)18-24/h5,7-8,10-11,15-16,24-25,28-29,35,37H,3-4,6,9,12-14,17-18,20,33H2,1-2H3. The van der Waals surface area contributed by atoms with Gasteiger partial charge in [-0.25, -0.2) is 0 Å². The first kappa shape index (κ1) is 28.3. The number of piperidine rings is 1. The number of hydrogen-bond donors (Lipinski definition) is 3. The molecule has 2 aromatic rings. The van der Waals surface area contributed by atoms with E-state index in [1.165, 1.54) is 0 Å². The van der Waals surface area contributed by atoms with Gasteiger partial charge in [-0.3, -0.25) is 4.79 Å². The Morgan fingerprint density at radius 1 is 1.24 bits per heavy atom. The first-order valence-electron chi connectivity index (χ1n) is 13.8. The minimum atomic E-state index is -1.19. The third-order valence-corrected chi connectivity index (χ3v) is 8.44. The van der Waals surface area contributed by atoms with Gasteiger partial charge in [0.15, 0.2) is 0 Å². The van der Waals surface area contributed by atoms with E-state index in [9.17, 15) is 20.3 Å². The molecule has 4 N–H and O–H groups in total. The molecule has 5 unspecified atom stereocenters. The largest absolute Gasteiger partial charge is 0.391 e. The Kier molecular flexibility index (Phi) is 9.22. The second-order valence-corrected chi connectivity index (χ2v) is 11.1. The van der Waals surface area contributed by atoms with Crippen molar-refractivity contribution in [3.63, 3.8) is 0 Å². The van der Waals surface area contributed by atoms with Gasteiger partial charge >= 0.3 is 0 Å². The molecular formula is C31H41N3O4. The van der Waals surface area contributed by atoms with Crippen LogP contribution in [0.4, 0.5) is 0 Å². The summed E-state index contributed by atoms with van der Waals surface area (Å²) in [5.74, 6) is -0.410. The Morgan fingerprint density at radius 3 is 2.74 bits per heavy atom. The topological polar surface area (TPSA) is 120 Å². The molecule has 0 aromatic heterocycles. The molecule has 2 aromatic carbocycles. The fourth-order valence-electron chi connectivity index (χ4n) is 6.32. The molecule has 2 fully saturated rings. The van der Waals surface area contributed by atoms with Crippen LogP contribution in [-0.2, 0) is 15.1 Å². The highest BCUT2D eigenvalue weighted by Gasteiger charge is 2.44. The third-order valence-electron chi connectivity index (χ3n) is 8.44. The Morgan fingerprint density at radius 2 is 2.05 bits per heavy atom. The Labute approximate surface area is 226 Å². The number of nitrogens with two attached hydrogens (primary N) is 1. The van der Waals surface area contributed by atoms with Gasteiger partial charge in [0, 0.05) is 44.7 Å². The van der Waals surface area contributed by atoms with Crippen molar-refractivity contribution in [1.82, 2.24) is 4.90 Å². The number of ether oxygens (including phenoxy) is 1. The van der Waals surface area contributed by atoms with Crippen molar-refractivity contribution in [3.8, 4) is 17.2 Å². The molecule has 0 radical (unpaired) electrons. The highest BCUT2D eigenvalue weighted by Crippen LogP contribution is 2.44. The number of carbonyl (C=O) groups is 1. The molecule has 4 rings (SSSR count). The lowest BCUT2D eigenvalue weighted by Gasteiger charge is -2.44. The van der Waals surface area contributed by atoms with E-state index in [1.807, 2.05) is 42.2 Å². The van der Waals surface area contributed by atoms with E-state index in [4.69, 9.17) is 10.5 Å². The molecule has 0 bridgehead atoms. The molecule has 204 valence electrons. The lowest BCUT2D eigenvalue weighted by Crippen LogP contribution is -2.49. The first-order chi connectivity index (χ1) is 18.3. The molecule has 1 aliphatic carbocycles. The summed E-state index contributed by atoms with van der Waals surface area (Å²) >= 11 is 0. The number of carbonyl (C=O) groups excluding carboxylic acids is 1. The number of hydrogen-bond acceptors (Lipinski definition) is 6. The van der Waals surface area contributed by atoms with Crippen molar-refractivity contribution >= 4 is 5.91 Å². The van der Waals surface area contributed by atoms with E-state index in [-0.39, 0.29) is 23.8 Å². The van der Waals surface area contributed by atoms with Crippen molar-refractivity contribution in [3.05, 3.63) is 59.2 Å². The van der Waals surface area contributed by atoms with E-state index < -0.39 is 11.7 Å². The van der Waals surface area contributed by atoms with Crippen molar-refractivity contribution in [2.45, 2.75) is 69.6 Å². The van der Waals surface area contributed by atoms with Crippen LogP contribution in [0.5, 0.6) is 0 Å². The maximum atomic E-state index is 13.4. The van der Waals surface area contributed by atoms with Crippen molar-refractivity contribution in [2.24, 2.45) is 17.6 Å². The van der Waals surface area contributed by atoms with Crippen LogP contribution in [0.2, 0.25) is 0 Å². The molecule has 0 spiro atoms. The van der Waals surface area contributed by atoms with Crippen LogP contribution in [-0.4, -0.2) is 60.0 Å². The molecule has 38 heavy (non-hydrogen) atoms. The van der Waals surface area contributed by atoms with Gasteiger partial charge in [0.05, 0.1) is 23.3 Å². The highest BCUT2D eigenvalue weighted by molar-refractivity contribution is 5.79. The molecule has 7 nitrogen and oxygen atoms in total. The second-order valence-electron chi connectivity index (χ2n) is 11.1. The summed E-state index contributed by atoms with van der Waals surface area (Å²) in [6, 6.07) is 15.6. The van der Waals surface area contributed by atoms with Crippen LogP contribution in [0, 0.1) is 30.1 Å². The van der Waals surface area contributed by atoms with Gasteiger partial charge in [-0.05, 0) is 80.7 Å². The van der Waals surface area contributed by atoms with E-state index in [1.54, 1.807) is 13.2 Å². The highest BCUT2D eigenvalue weighted by atomic mass is 16.5. The summed E-state index contributed by atoms with van der Waals surface area (Å²) in [5, 5.41) is 32.4. The average Bonchev–Trinajstić information content (AvgIpc) is 3.28. The quantitative estimate of drug-likeness (QED) is 0.433. The van der Waals surface area contributed by atoms with E-state index >= 15 is 0 Å². The molecular weight excluding hydrogens is 478 g/mol. The first-order valence-corrected chi connectivity index (χ1v) is 13.8. The fraction of sp³-hybridized carbons (Fsp3) is 0.548. The number of nitriles is 1. The number of nitrogens with zero attached hydrogens (tertiary/aromatic N) is 2. The summed E-state index contributed by atoms with van der Waals surface area (Å²) in [5.41, 5.74) is 9.08. The number of aryl methyl sites for hydroxylation is 1.